The van der Waals surface area contributed by atoms with Crippen LogP contribution >= 0.6 is 0 Å². The minimum absolute atomic E-state index is 0. The van der Waals surface area contributed by atoms with Crippen LogP contribution in [0.4, 0.5) is 0 Å². The summed E-state index contributed by atoms with van der Waals surface area (Å²) >= 11 is 0. The smallest absolute Gasteiger partial charge is 0.0700 e. The summed E-state index contributed by atoms with van der Waals surface area (Å²) in [5.41, 5.74) is 0.0411. The summed E-state index contributed by atoms with van der Waals surface area (Å²) in [7, 11) is 0. The third kappa shape index (κ3) is 1.39. The zero-order valence-electron chi connectivity index (χ0n) is 7.67. The van der Waals surface area contributed by atoms with Gasteiger partial charge in [0.2, 0.25) is 0 Å². The largest absolute Gasteiger partial charge is 0.543 e. The maximum Gasteiger partial charge on any atom is 0.0700 e. The molecule has 0 aliphatic carbocycles. The Morgan fingerprint density at radius 1 is 1.50 bits per heavy atom. The molecule has 0 N–H and O–H groups in total. The van der Waals surface area contributed by atoms with Crippen LogP contribution in [0, 0.1) is 43.6 Å². The van der Waals surface area contributed by atoms with Crippen molar-refractivity contribution in [3.05, 3.63) is 6.61 Å². The third-order valence-corrected chi connectivity index (χ3v) is 3.07. The molecule has 2 aliphatic heterocycles. The van der Waals surface area contributed by atoms with Crippen LogP contribution in [0.25, 0.3) is 0 Å². The molecule has 2 bridgehead atoms. The van der Waals surface area contributed by atoms with Gasteiger partial charge in [0, 0.05) is 31.1 Å². The molecule has 0 saturated carbocycles. The molecule has 0 spiro atoms. The number of fused-ring (bicyclic) bond motifs is 2. The molecule has 0 unspecified atom stereocenters. The van der Waals surface area contributed by atoms with Crippen molar-refractivity contribution in [1.82, 2.24) is 0 Å². The molecule has 0 aromatic carbocycles. The quantitative estimate of drug-likeness (QED) is 0.666. The van der Waals surface area contributed by atoms with Gasteiger partial charge in [-0.05, 0) is 18.4 Å². The number of hydrogen-bond donors (Lipinski definition) is 0. The van der Waals surface area contributed by atoms with E-state index in [0.717, 1.165) is 19.4 Å². The molecule has 2 rings (SSSR count). The minimum Gasteiger partial charge on any atom is -0.543 e. The summed E-state index contributed by atoms with van der Waals surface area (Å²) in [5, 5.41) is 0. The van der Waals surface area contributed by atoms with Gasteiger partial charge in [-0.3, -0.25) is 0 Å². The predicted octanol–water partition coefficient (Wildman–Crippen LogP) is 1.75. The average Bonchev–Trinajstić information content (AvgIpc) is 2.58. The van der Waals surface area contributed by atoms with Crippen molar-refractivity contribution in [3.63, 3.8) is 0 Å². The van der Waals surface area contributed by atoms with E-state index in [1.54, 1.807) is 0 Å². The Hall–Kier alpha value is 0.972. The summed E-state index contributed by atoms with van der Waals surface area (Å²) < 4.78 is 11.2. The molecule has 2 saturated heterocycles. The Labute approximate surface area is 97.8 Å². The predicted molar refractivity (Wildman–Crippen MR) is 41.9 cm³/mol. The van der Waals surface area contributed by atoms with Gasteiger partial charge in [-0.2, -0.15) is 6.61 Å². The first-order valence-electron chi connectivity index (χ1n) is 4.45. The van der Waals surface area contributed by atoms with E-state index in [1.165, 1.54) is 0 Å². The van der Waals surface area contributed by atoms with Gasteiger partial charge in [0.1, 0.15) is 0 Å². The molecular weight excluding hydrogens is 378 g/mol. The van der Waals surface area contributed by atoms with Gasteiger partial charge in [0.25, 0.3) is 0 Å². The topological polar surface area (TPSA) is 18.5 Å². The van der Waals surface area contributed by atoms with Crippen molar-refractivity contribution in [1.29, 1.82) is 0 Å². The third-order valence-electron chi connectivity index (χ3n) is 3.07. The molecule has 2 aliphatic rings. The molecular formula is C9H15O2U-. The van der Waals surface area contributed by atoms with Crippen LogP contribution in [0.2, 0.25) is 0 Å². The second kappa shape index (κ2) is 4.00. The first kappa shape index (κ1) is 11.0. The second-order valence-electron chi connectivity index (χ2n) is 3.46. The van der Waals surface area contributed by atoms with Gasteiger partial charge < -0.3 is 9.47 Å². The molecule has 0 amide bonds. The molecule has 0 aromatic rings. The van der Waals surface area contributed by atoms with E-state index in [4.69, 9.17) is 9.47 Å². The van der Waals surface area contributed by atoms with Gasteiger partial charge in [-0.25, -0.2) is 0 Å². The number of ether oxygens (including phenoxy) is 2. The van der Waals surface area contributed by atoms with E-state index < -0.39 is 0 Å². The van der Waals surface area contributed by atoms with Gasteiger partial charge >= 0.3 is 0 Å². The molecule has 68 valence electrons. The van der Waals surface area contributed by atoms with Crippen molar-refractivity contribution in [2.45, 2.75) is 38.4 Å². The maximum atomic E-state index is 5.64. The molecule has 2 fully saturated rings. The first-order valence-corrected chi connectivity index (χ1v) is 4.45. The fraction of sp³-hybridized carbons (Fsp3) is 0.889. The normalized spacial score (nSPS) is 44.5. The number of hydrogen-bond acceptors (Lipinski definition) is 2. The van der Waals surface area contributed by atoms with E-state index in [9.17, 15) is 0 Å². The van der Waals surface area contributed by atoms with E-state index in [-0.39, 0.29) is 42.8 Å². The standard InChI is InChI=1S/C9H15O2.U/c1-3-7-8-5-11-9(7,4-2)6-10-8;/h5,7-8H,3-4,6H2,1-2H3;/q-1;/t7-,8-,9-;/m0./s1. The van der Waals surface area contributed by atoms with Crippen LogP contribution in [0.1, 0.15) is 26.7 Å². The summed E-state index contributed by atoms with van der Waals surface area (Å²) in [5.74, 6) is 0.604. The van der Waals surface area contributed by atoms with Gasteiger partial charge in [-0.1, -0.05) is 20.3 Å². The van der Waals surface area contributed by atoms with Crippen LogP contribution in [0.15, 0.2) is 0 Å². The van der Waals surface area contributed by atoms with Crippen LogP contribution in [-0.4, -0.2) is 18.3 Å². The minimum atomic E-state index is 0. The Balaban J connectivity index is 0.000000720. The molecule has 3 heteroatoms. The van der Waals surface area contributed by atoms with Crippen molar-refractivity contribution in [2.24, 2.45) is 5.92 Å². The maximum absolute atomic E-state index is 5.64. The van der Waals surface area contributed by atoms with E-state index >= 15 is 0 Å². The molecule has 2 nitrogen and oxygen atoms in total. The van der Waals surface area contributed by atoms with Crippen molar-refractivity contribution >= 4 is 0 Å². The van der Waals surface area contributed by atoms with Crippen LogP contribution in [0.5, 0.6) is 0 Å². The SMILES string of the molecule is CC[C@H]1[C@@H]2[CH-]O[C@@]1(CC)CO2.[U]. The van der Waals surface area contributed by atoms with Gasteiger partial charge in [-0.15, -0.1) is 0 Å². The summed E-state index contributed by atoms with van der Waals surface area (Å²) in [6.07, 6.45) is 2.51. The molecule has 2 heterocycles. The van der Waals surface area contributed by atoms with E-state index in [0.29, 0.717) is 5.92 Å². The summed E-state index contributed by atoms with van der Waals surface area (Å²) in [6, 6.07) is 0. The molecule has 3 atom stereocenters. The van der Waals surface area contributed by atoms with Crippen LogP contribution in [0.3, 0.4) is 0 Å². The molecule has 12 heavy (non-hydrogen) atoms. The summed E-state index contributed by atoms with van der Waals surface area (Å²) in [6.45, 7) is 7.05. The zero-order chi connectivity index (χ0) is 7.90. The van der Waals surface area contributed by atoms with E-state index in [2.05, 4.69) is 13.8 Å². The van der Waals surface area contributed by atoms with E-state index in [1.807, 2.05) is 6.61 Å². The molecule has 0 radical (unpaired) electrons. The monoisotopic (exact) mass is 393 g/mol. The van der Waals surface area contributed by atoms with Crippen LogP contribution < -0.4 is 0 Å². The van der Waals surface area contributed by atoms with Crippen molar-refractivity contribution in [3.8, 4) is 0 Å². The summed E-state index contributed by atoms with van der Waals surface area (Å²) in [4.78, 5) is 0. The second-order valence-corrected chi connectivity index (χ2v) is 3.46. The fourth-order valence-electron chi connectivity index (χ4n) is 2.27. The number of rotatable bonds is 2. The molecule has 0 aromatic heterocycles. The zero-order valence-corrected chi connectivity index (χ0v) is 11.8. The van der Waals surface area contributed by atoms with Crippen molar-refractivity contribution < 1.29 is 40.6 Å². The van der Waals surface area contributed by atoms with Gasteiger partial charge in [0.15, 0.2) is 0 Å². The van der Waals surface area contributed by atoms with Crippen LogP contribution in [-0.2, 0) is 9.47 Å². The van der Waals surface area contributed by atoms with Gasteiger partial charge in [0.05, 0.1) is 12.2 Å². The fourth-order valence-corrected chi connectivity index (χ4v) is 2.27. The Bertz CT molecular complexity index is 153. The average molecular weight is 393 g/mol. The Kier molecular flexibility index (Phi) is 3.69. The first-order chi connectivity index (χ1) is 5.32. The van der Waals surface area contributed by atoms with Crippen molar-refractivity contribution in [2.75, 3.05) is 6.61 Å². The Morgan fingerprint density at radius 2 is 2.25 bits per heavy atom. The Morgan fingerprint density at radius 3 is 2.58 bits per heavy atom.